The minimum Gasteiger partial charge on any atom is -0.462 e. The van der Waals surface area contributed by atoms with Crippen LogP contribution in [0.1, 0.15) is 27.0 Å². The average Bonchev–Trinajstić information content (AvgIpc) is 2.98. The lowest BCUT2D eigenvalue weighted by Crippen LogP contribution is -2.16. The Morgan fingerprint density at radius 2 is 2.30 bits per heavy atom. The van der Waals surface area contributed by atoms with Gasteiger partial charge in [-0.3, -0.25) is 9.48 Å². The van der Waals surface area contributed by atoms with E-state index in [-0.39, 0.29) is 18.1 Å². The molecule has 0 bridgehead atoms. The Bertz CT molecular complexity index is 650. The number of nitrogens with zero attached hydrogens (tertiary/aromatic N) is 2. The Balaban J connectivity index is 2.23. The van der Waals surface area contributed by atoms with Crippen molar-refractivity contribution < 1.29 is 14.3 Å². The number of rotatable bonds is 4. The molecule has 0 aliphatic heterocycles. The van der Waals surface area contributed by atoms with Crippen LogP contribution < -0.4 is 5.32 Å². The van der Waals surface area contributed by atoms with Gasteiger partial charge in [0.1, 0.15) is 11.4 Å². The number of aryl methyl sites for hydroxylation is 1. The Labute approximate surface area is 127 Å². The summed E-state index contributed by atoms with van der Waals surface area (Å²) in [6.07, 6.45) is 1.37. The Morgan fingerprint density at radius 3 is 2.90 bits per heavy atom. The lowest BCUT2D eigenvalue weighted by molar-refractivity contribution is 0.0527. The van der Waals surface area contributed by atoms with E-state index in [0.717, 1.165) is 4.47 Å². The maximum Gasteiger partial charge on any atom is 0.343 e. The summed E-state index contributed by atoms with van der Waals surface area (Å²) >= 11 is 4.59. The first kappa shape index (κ1) is 14.7. The van der Waals surface area contributed by atoms with Gasteiger partial charge in [-0.15, -0.1) is 11.3 Å². The number of carbonyl (C=O) groups is 2. The number of hydrogen-bond donors (Lipinski definition) is 1. The number of ether oxygens (including phenoxy) is 1. The van der Waals surface area contributed by atoms with Gasteiger partial charge >= 0.3 is 5.97 Å². The summed E-state index contributed by atoms with van der Waals surface area (Å²) in [5.74, 6) is -0.490. The normalized spacial score (nSPS) is 10.3. The average molecular weight is 358 g/mol. The first-order chi connectivity index (χ1) is 9.52. The fraction of sp³-hybridized carbons (Fsp3) is 0.250. The number of amides is 1. The van der Waals surface area contributed by atoms with Crippen molar-refractivity contribution >= 4 is 45.0 Å². The zero-order chi connectivity index (χ0) is 14.7. The van der Waals surface area contributed by atoms with Crippen LogP contribution in [0.3, 0.4) is 0 Å². The lowest BCUT2D eigenvalue weighted by Gasteiger charge is -2.07. The van der Waals surface area contributed by atoms with Crippen LogP contribution in [-0.4, -0.2) is 28.3 Å². The summed E-state index contributed by atoms with van der Waals surface area (Å²) in [6.45, 7) is 1.98. The molecule has 0 atom stereocenters. The summed E-state index contributed by atoms with van der Waals surface area (Å²) in [7, 11) is 1.64. The number of thiophene rings is 1. The molecule has 2 rings (SSSR count). The molecule has 2 aromatic heterocycles. The van der Waals surface area contributed by atoms with Crippen LogP contribution in [-0.2, 0) is 11.8 Å². The van der Waals surface area contributed by atoms with E-state index in [2.05, 4.69) is 26.3 Å². The Morgan fingerprint density at radius 1 is 1.55 bits per heavy atom. The largest absolute Gasteiger partial charge is 0.462 e. The van der Waals surface area contributed by atoms with E-state index in [9.17, 15) is 9.59 Å². The fourth-order valence-corrected chi connectivity index (χ4v) is 2.87. The van der Waals surface area contributed by atoms with E-state index in [4.69, 9.17) is 4.74 Å². The summed E-state index contributed by atoms with van der Waals surface area (Å²) in [4.78, 5) is 24.4. The third kappa shape index (κ3) is 3.07. The highest BCUT2D eigenvalue weighted by Crippen LogP contribution is 2.22. The van der Waals surface area contributed by atoms with E-state index in [1.807, 2.05) is 5.38 Å². The van der Waals surface area contributed by atoms with Gasteiger partial charge in [-0.1, -0.05) is 0 Å². The Hall–Kier alpha value is -1.67. The van der Waals surface area contributed by atoms with E-state index < -0.39 is 5.97 Å². The molecule has 0 fully saturated rings. The van der Waals surface area contributed by atoms with Crippen LogP contribution >= 0.6 is 27.3 Å². The van der Waals surface area contributed by atoms with E-state index in [1.54, 1.807) is 20.0 Å². The van der Waals surface area contributed by atoms with Gasteiger partial charge in [0.05, 0.1) is 17.7 Å². The molecule has 0 saturated carbocycles. The SMILES string of the molecule is CCOC(=O)c1cnn(C)c1NC(=O)c1cc(Br)cs1. The van der Waals surface area contributed by atoms with Gasteiger partial charge in [-0.05, 0) is 28.9 Å². The molecule has 0 unspecified atom stereocenters. The highest BCUT2D eigenvalue weighted by Gasteiger charge is 2.20. The van der Waals surface area contributed by atoms with Crippen LogP contribution in [0.4, 0.5) is 5.82 Å². The fourth-order valence-electron chi connectivity index (χ4n) is 1.55. The summed E-state index contributed by atoms with van der Waals surface area (Å²) in [5, 5.41) is 8.46. The maximum absolute atomic E-state index is 12.1. The molecule has 6 nitrogen and oxygen atoms in total. The predicted octanol–water partition coefficient (Wildman–Crippen LogP) is 2.67. The van der Waals surface area contributed by atoms with Crippen molar-refractivity contribution in [1.82, 2.24) is 9.78 Å². The summed E-state index contributed by atoms with van der Waals surface area (Å²) < 4.78 is 7.18. The minimum absolute atomic E-state index is 0.235. The van der Waals surface area contributed by atoms with Crippen molar-refractivity contribution in [3.8, 4) is 0 Å². The quantitative estimate of drug-likeness (QED) is 0.853. The van der Waals surface area contributed by atoms with Crippen LogP contribution in [0.15, 0.2) is 22.1 Å². The van der Waals surface area contributed by atoms with Gasteiger partial charge in [0, 0.05) is 16.9 Å². The third-order valence-electron chi connectivity index (χ3n) is 2.46. The third-order valence-corrected chi connectivity index (χ3v) is 4.15. The van der Waals surface area contributed by atoms with Crippen molar-refractivity contribution in [2.45, 2.75) is 6.92 Å². The molecule has 106 valence electrons. The second-order valence-corrected chi connectivity index (χ2v) is 5.66. The number of aromatic nitrogens is 2. The van der Waals surface area contributed by atoms with Gasteiger partial charge < -0.3 is 10.1 Å². The molecule has 0 saturated heterocycles. The van der Waals surface area contributed by atoms with Crippen LogP contribution in [0.2, 0.25) is 0 Å². The molecule has 2 aromatic rings. The molecule has 1 N–H and O–H groups in total. The summed E-state index contributed by atoms with van der Waals surface area (Å²) in [5.41, 5.74) is 0.235. The van der Waals surface area contributed by atoms with Crippen molar-refractivity contribution in [2.24, 2.45) is 7.05 Å². The van der Waals surface area contributed by atoms with Crippen LogP contribution in [0, 0.1) is 0 Å². The first-order valence-electron chi connectivity index (χ1n) is 5.77. The van der Waals surface area contributed by atoms with E-state index in [1.165, 1.54) is 22.2 Å². The molecule has 0 radical (unpaired) electrons. The topological polar surface area (TPSA) is 73.2 Å². The van der Waals surface area contributed by atoms with E-state index in [0.29, 0.717) is 10.7 Å². The van der Waals surface area contributed by atoms with Gasteiger partial charge in [-0.25, -0.2) is 4.79 Å². The van der Waals surface area contributed by atoms with Crippen LogP contribution in [0.5, 0.6) is 0 Å². The van der Waals surface area contributed by atoms with Crippen molar-refractivity contribution in [1.29, 1.82) is 0 Å². The Kier molecular flexibility index (Phi) is 4.56. The second-order valence-electron chi connectivity index (χ2n) is 3.83. The molecule has 1 amide bonds. The first-order valence-corrected chi connectivity index (χ1v) is 7.44. The van der Waals surface area contributed by atoms with Gasteiger partial charge in [0.25, 0.3) is 5.91 Å². The maximum atomic E-state index is 12.1. The lowest BCUT2D eigenvalue weighted by atomic mass is 10.3. The molecule has 0 aliphatic carbocycles. The number of nitrogens with one attached hydrogen (secondary N) is 1. The molecule has 0 spiro atoms. The molecule has 0 aliphatic rings. The molecule has 2 heterocycles. The number of halogens is 1. The highest BCUT2D eigenvalue weighted by molar-refractivity contribution is 9.10. The van der Waals surface area contributed by atoms with Crippen molar-refractivity contribution in [3.05, 3.63) is 32.6 Å². The van der Waals surface area contributed by atoms with E-state index >= 15 is 0 Å². The number of esters is 1. The van der Waals surface area contributed by atoms with Crippen molar-refractivity contribution in [3.63, 3.8) is 0 Å². The molecule has 20 heavy (non-hydrogen) atoms. The predicted molar refractivity (Wildman–Crippen MR) is 79.1 cm³/mol. The highest BCUT2D eigenvalue weighted by atomic mass is 79.9. The number of anilines is 1. The van der Waals surface area contributed by atoms with Gasteiger partial charge in [-0.2, -0.15) is 5.10 Å². The van der Waals surface area contributed by atoms with Crippen molar-refractivity contribution in [2.75, 3.05) is 11.9 Å². The molecule has 0 aromatic carbocycles. The second kappa shape index (κ2) is 6.19. The van der Waals surface area contributed by atoms with Gasteiger partial charge in [0.2, 0.25) is 0 Å². The minimum atomic E-state index is -0.511. The molecule has 8 heteroatoms. The standard InChI is InChI=1S/C12H12BrN3O3S/c1-3-19-12(18)8-5-14-16(2)10(8)15-11(17)9-4-7(13)6-20-9/h4-6H,3H2,1-2H3,(H,15,17). The summed E-state index contributed by atoms with van der Waals surface area (Å²) in [6, 6.07) is 1.71. The molecular weight excluding hydrogens is 346 g/mol. The number of hydrogen-bond acceptors (Lipinski definition) is 5. The number of carbonyl (C=O) groups excluding carboxylic acids is 2. The zero-order valence-corrected chi connectivity index (χ0v) is 13.2. The molecular formula is C12H12BrN3O3S. The monoisotopic (exact) mass is 357 g/mol. The van der Waals surface area contributed by atoms with Crippen LogP contribution in [0.25, 0.3) is 0 Å². The van der Waals surface area contributed by atoms with Gasteiger partial charge in [0.15, 0.2) is 0 Å². The smallest absolute Gasteiger partial charge is 0.343 e. The zero-order valence-electron chi connectivity index (χ0n) is 10.8.